The van der Waals surface area contributed by atoms with Gasteiger partial charge in [-0.3, -0.25) is 0 Å². The zero-order chi connectivity index (χ0) is 67.8. The van der Waals surface area contributed by atoms with Crippen LogP contribution in [0.15, 0.2) is 91.0 Å². The summed E-state index contributed by atoms with van der Waals surface area (Å²) in [5.41, 5.74) is -21.2. The molecule has 9 aromatic carbocycles. The van der Waals surface area contributed by atoms with E-state index in [9.17, 15) is 26.3 Å². The molecule has 0 atom stereocenters. The van der Waals surface area contributed by atoms with Gasteiger partial charge in [-0.05, 0) is 20.8 Å². The van der Waals surface area contributed by atoms with Crippen LogP contribution in [0.25, 0.3) is 0 Å². The van der Waals surface area contributed by atoms with Crippen molar-refractivity contribution in [2.75, 3.05) is 0 Å². The van der Waals surface area contributed by atoms with Crippen molar-refractivity contribution in [3.8, 4) is 0 Å². The summed E-state index contributed by atoms with van der Waals surface area (Å²) in [4.78, 5) is 0. The smallest absolute Gasteiger partial charge is 0.718 e. The van der Waals surface area contributed by atoms with E-state index in [4.69, 9.17) is 0 Å². The number of benzene rings is 9. The summed E-state index contributed by atoms with van der Waals surface area (Å²) >= 11 is 0. The summed E-state index contributed by atoms with van der Waals surface area (Å²) in [7, 11) is 0. The van der Waals surface area contributed by atoms with Crippen LogP contribution in [-0.2, 0) is 0 Å². The molecule has 0 bridgehead atoms. The first-order chi connectivity index (χ1) is 41.9. The summed E-state index contributed by atoms with van der Waals surface area (Å²) in [5.74, 6) is -122. The number of aryl methyl sites for hydroxylation is 3. The molecule has 1 nitrogen and oxygen atoms in total. The fourth-order valence-corrected chi connectivity index (χ4v) is 9.61. The van der Waals surface area contributed by atoms with Crippen LogP contribution in [0.3, 0.4) is 0 Å². The van der Waals surface area contributed by atoms with Gasteiger partial charge < -0.3 is 5.14 Å². The molecule has 0 unspecified atom stereocenters. The van der Waals surface area contributed by atoms with Gasteiger partial charge in [0.2, 0.25) is 0 Å². The van der Waals surface area contributed by atoms with E-state index in [2.05, 4.69) is 57.2 Å². The molecular weight excluding hydrogens is 1490 g/mol. The van der Waals surface area contributed by atoms with Crippen molar-refractivity contribution >= 4 is 72.6 Å². The molecule has 478 valence electrons. The molecule has 0 aliphatic rings. The Balaban J connectivity index is 0.000000572. The summed E-state index contributed by atoms with van der Waals surface area (Å²) in [5, 5.41) is -2.43. The molecule has 0 radical (unpaired) electrons. The van der Waals surface area contributed by atoms with Gasteiger partial charge in [-0.15, -0.1) is 0 Å². The average Bonchev–Trinajstić information content (AvgIpc) is 0.680. The zero-order valence-corrected chi connectivity index (χ0v) is 49.3. The van der Waals surface area contributed by atoms with E-state index in [1.165, 1.54) is 16.7 Å². The van der Waals surface area contributed by atoms with Crippen molar-refractivity contribution in [3.05, 3.63) is 282 Å². The van der Waals surface area contributed by atoms with E-state index in [-0.39, 0.29) is 27.3 Å². The molecule has 0 aromatic heterocycles. The molecule has 0 aliphatic carbocycles. The second kappa shape index (κ2) is 28.6. The number of quaternary nitrogens is 1. The van der Waals surface area contributed by atoms with Crippen molar-refractivity contribution < 1.29 is 137 Å². The molecule has 0 aliphatic heterocycles. The number of hydrogen-bond acceptors (Lipinski definition) is 0. The molecule has 0 spiro atoms. The van der Waals surface area contributed by atoms with Gasteiger partial charge in [-0.2, -0.15) is 0 Å². The quantitative estimate of drug-likeness (QED) is 0.0676. The summed E-state index contributed by atoms with van der Waals surface area (Å²) < 4.78 is 470. The summed E-state index contributed by atoms with van der Waals surface area (Å²) in [6.45, 7) is 6.25. The van der Waals surface area contributed by atoms with Gasteiger partial charge in [0.05, 0.1) is 0 Å². The van der Waals surface area contributed by atoms with Gasteiger partial charge in [0, 0.05) is 0 Å². The molecule has 9 rings (SSSR count). The largest absolute Gasteiger partial charge is 1.00 e. The topological polar surface area (TPSA) is 16.6 Å². The Morgan fingerprint density at radius 3 is 0.363 bits per heavy atom. The van der Waals surface area contributed by atoms with Crippen LogP contribution < -0.4 is 37.9 Å². The van der Waals surface area contributed by atoms with Crippen molar-refractivity contribution in [2.24, 2.45) is 0 Å². The van der Waals surface area contributed by atoms with Crippen molar-refractivity contribution in [3.63, 3.8) is 0 Å². The van der Waals surface area contributed by atoms with E-state index in [0.29, 0.717) is 0 Å². The molecule has 0 amide bonds. The van der Waals surface area contributed by atoms with E-state index in [0.717, 1.165) is 0 Å². The van der Waals surface area contributed by atoms with Crippen LogP contribution in [0.2, 0.25) is 0 Å². The second-order valence-electron chi connectivity index (χ2n) is 18.9. The molecule has 34 heteroatoms. The summed E-state index contributed by atoms with van der Waals surface area (Å²) in [6.07, 6.45) is -16.4. The first-order valence-corrected chi connectivity index (χ1v) is 24.3. The van der Waals surface area contributed by atoms with Gasteiger partial charge in [0.25, 0.3) is 12.6 Å². The predicted octanol–water partition coefficient (Wildman–Crippen LogP) is 12.7. The van der Waals surface area contributed by atoms with Crippen LogP contribution in [0.4, 0.5) is 132 Å². The summed E-state index contributed by atoms with van der Waals surface area (Å²) in [6, 6.07) is 30.8. The molecule has 0 heterocycles. The Morgan fingerprint density at radius 1 is 0.176 bits per heavy atom. The van der Waals surface area contributed by atoms with Gasteiger partial charge in [0.1, 0.15) is 69.8 Å². The van der Waals surface area contributed by atoms with Crippen molar-refractivity contribution in [1.82, 2.24) is 0 Å². The van der Waals surface area contributed by atoms with E-state index < -0.39 is 225 Å². The Bertz CT molecular complexity index is 3460. The Morgan fingerprint density at radius 2 is 0.275 bits per heavy atom. The van der Waals surface area contributed by atoms with Gasteiger partial charge in [-0.25, -0.2) is 132 Å². The third kappa shape index (κ3) is 12.8. The minimum absolute atomic E-state index is 0. The van der Waals surface area contributed by atoms with Crippen molar-refractivity contribution in [1.29, 1.82) is 0 Å². The van der Waals surface area contributed by atoms with Crippen LogP contribution in [0.1, 0.15) is 16.7 Å². The van der Waals surface area contributed by atoms with Crippen molar-refractivity contribution in [2.45, 2.75) is 20.8 Å². The van der Waals surface area contributed by atoms with Crippen LogP contribution in [0.5, 0.6) is 0 Å². The maximum atomic E-state index is 16.5. The minimum atomic E-state index is -8.20. The zero-order valence-electron chi connectivity index (χ0n) is 44.8. The monoisotopic (exact) mass is 1520 g/mol. The number of nitrogens with two attached hydrogens (primary N) is 1. The Hall–Kier alpha value is -8.11. The molecule has 9 aromatic rings. The van der Waals surface area contributed by atoms with Crippen LogP contribution >= 0.6 is 0 Å². The van der Waals surface area contributed by atoms with E-state index in [1.807, 2.05) is 54.6 Å². The second-order valence-corrected chi connectivity index (χ2v) is 18.9. The molecular formula is C57H26B2F30NTl. The first-order valence-electron chi connectivity index (χ1n) is 24.3. The number of hydrogen-bond donors (Lipinski definition) is 1. The fourth-order valence-electron chi connectivity index (χ4n) is 9.61. The SMILES string of the molecule is Cc1ccccc1.Cc1ccccc1.Cc1ccccc1.Fc1c(F)c(F)c([B-]([NH2+][B-](c2c(F)c(F)c(F)c(F)c2F)(c2c(F)c(F)c(F)c(F)c2F)c2c(F)c(F)c(F)c(F)c2F)(c2c(F)c(F)c(F)c(F)c2F)c2c(F)c(F)c(F)c(F)c2F)c(F)c1F.[Tl+]. The van der Waals surface area contributed by atoms with Crippen LogP contribution in [-0.4, -0.2) is 39.9 Å². The first kappa shape index (κ1) is 73.6. The number of rotatable bonds is 8. The van der Waals surface area contributed by atoms with E-state index >= 15 is 105 Å². The van der Waals surface area contributed by atoms with Gasteiger partial charge in [0.15, 0.2) is 105 Å². The normalized spacial score (nSPS) is 11.3. The van der Waals surface area contributed by atoms with Gasteiger partial charge >= 0.3 is 27.3 Å². The maximum Gasteiger partial charge on any atom is 1.00 e. The molecule has 91 heavy (non-hydrogen) atoms. The molecule has 0 saturated heterocycles. The molecule has 0 saturated carbocycles. The van der Waals surface area contributed by atoms with Crippen LogP contribution in [0, 0.1) is 195 Å². The maximum absolute atomic E-state index is 16.5. The van der Waals surface area contributed by atoms with E-state index in [1.54, 1.807) is 0 Å². The Labute approximate surface area is 510 Å². The fraction of sp³-hybridized carbons (Fsp3) is 0.0526. The third-order valence-corrected chi connectivity index (χ3v) is 13.6. The van der Waals surface area contributed by atoms with Gasteiger partial charge in [-0.1, -0.05) is 140 Å². The Kier molecular flexibility index (Phi) is 23.1. The third-order valence-electron chi connectivity index (χ3n) is 13.6. The standard InChI is InChI=1S/C36H2B2F30N.3C7H8.Tl/c39-7-1(8(40)20(52)31(63)19(7)51)37(2-9(41)21(53)32(64)22(54)10(2)42,3-11(43)23(55)33(65)24(56)12(3)44)69-38(4-13(45)25(57)34(66)26(58)14(4)46,5-15(47)27(59)35(67)28(60)16(5)48)6-17(49)29(61)36(68)30(62)18(6)50;3*1-7-5-3-2-4-6-7;/h69H2;3*2-6H,1H3;/q-1;;;;+1. The minimum Gasteiger partial charge on any atom is -0.718 e. The molecule has 2 N–H and O–H groups in total. The average molecular weight is 1520 g/mol. The molecule has 0 fully saturated rings. The predicted molar refractivity (Wildman–Crippen MR) is 268 cm³/mol. The number of halogens is 30.